The average Bonchev–Trinajstić information content (AvgIpc) is 3.19. The fraction of sp³-hybridized carbons (Fsp3) is 0.286. The van der Waals surface area contributed by atoms with Crippen molar-refractivity contribution in [2.45, 2.75) is 20.4 Å². The Bertz CT molecular complexity index is 921. The molecule has 0 fully saturated rings. The van der Waals surface area contributed by atoms with Crippen LogP contribution in [0.15, 0.2) is 53.1 Å². The van der Waals surface area contributed by atoms with Gasteiger partial charge in [-0.15, -0.1) is 0 Å². The highest BCUT2D eigenvalue weighted by Gasteiger charge is 2.17. The first kappa shape index (κ1) is 19.4. The van der Waals surface area contributed by atoms with Gasteiger partial charge in [0, 0.05) is 12.1 Å². The molecule has 0 bridgehead atoms. The molecule has 0 saturated heterocycles. The van der Waals surface area contributed by atoms with Crippen molar-refractivity contribution in [3.05, 3.63) is 60.0 Å². The second-order valence-corrected chi connectivity index (χ2v) is 6.25. The van der Waals surface area contributed by atoms with Crippen LogP contribution in [0.1, 0.15) is 18.4 Å². The van der Waals surface area contributed by atoms with Crippen molar-refractivity contribution in [2.75, 3.05) is 20.3 Å². The Labute approximate surface area is 163 Å². The summed E-state index contributed by atoms with van der Waals surface area (Å²) in [5, 5.41) is 4.00. The number of likely N-dealkylation sites (N-methyl/N-ethyl adjacent to an activating group) is 1. The van der Waals surface area contributed by atoms with Gasteiger partial charge in [0.25, 0.3) is 5.91 Å². The van der Waals surface area contributed by atoms with Gasteiger partial charge in [-0.05, 0) is 55.8 Å². The van der Waals surface area contributed by atoms with E-state index < -0.39 is 0 Å². The van der Waals surface area contributed by atoms with Gasteiger partial charge in [0.15, 0.2) is 6.61 Å². The van der Waals surface area contributed by atoms with E-state index in [0.717, 1.165) is 16.9 Å². The van der Waals surface area contributed by atoms with Crippen LogP contribution in [0.5, 0.6) is 11.5 Å². The number of carbonyl (C=O) groups is 1. The number of hydrogen-bond acceptors (Lipinski definition) is 6. The van der Waals surface area contributed by atoms with E-state index in [9.17, 15) is 4.79 Å². The molecular formula is C21H23N3O4. The Kier molecular flexibility index (Phi) is 6.26. The monoisotopic (exact) mass is 381 g/mol. The molecule has 1 amide bonds. The third-order valence-corrected chi connectivity index (χ3v) is 4.23. The van der Waals surface area contributed by atoms with Crippen LogP contribution < -0.4 is 9.47 Å². The van der Waals surface area contributed by atoms with Crippen LogP contribution in [0.2, 0.25) is 0 Å². The van der Waals surface area contributed by atoms with Gasteiger partial charge in [0.05, 0.1) is 7.11 Å². The SMILES string of the molecule is CCN(Cc1nc(-c2ccc(OC)cc2)no1)C(=O)COc1cccc(C)c1. The van der Waals surface area contributed by atoms with Crippen molar-refractivity contribution in [1.82, 2.24) is 15.0 Å². The van der Waals surface area contributed by atoms with E-state index >= 15 is 0 Å². The van der Waals surface area contributed by atoms with Crippen molar-refractivity contribution in [1.29, 1.82) is 0 Å². The highest BCUT2D eigenvalue weighted by atomic mass is 16.5. The number of amides is 1. The number of rotatable bonds is 8. The molecule has 1 aromatic heterocycles. The third-order valence-electron chi connectivity index (χ3n) is 4.23. The summed E-state index contributed by atoms with van der Waals surface area (Å²) in [7, 11) is 1.61. The topological polar surface area (TPSA) is 77.7 Å². The number of hydrogen-bond donors (Lipinski definition) is 0. The van der Waals surface area contributed by atoms with Gasteiger partial charge in [-0.25, -0.2) is 0 Å². The van der Waals surface area contributed by atoms with Gasteiger partial charge >= 0.3 is 0 Å². The molecule has 0 spiro atoms. The van der Waals surface area contributed by atoms with Crippen LogP contribution in [0.3, 0.4) is 0 Å². The second kappa shape index (κ2) is 9.03. The van der Waals surface area contributed by atoms with Crippen LogP contribution in [-0.4, -0.2) is 41.2 Å². The van der Waals surface area contributed by atoms with E-state index in [1.807, 2.05) is 62.4 Å². The molecule has 0 aliphatic heterocycles. The van der Waals surface area contributed by atoms with Gasteiger partial charge in [0.2, 0.25) is 11.7 Å². The largest absolute Gasteiger partial charge is 0.497 e. The van der Waals surface area contributed by atoms with Gasteiger partial charge < -0.3 is 18.9 Å². The molecular weight excluding hydrogens is 358 g/mol. The molecule has 7 heteroatoms. The number of carbonyl (C=O) groups excluding carboxylic acids is 1. The lowest BCUT2D eigenvalue weighted by Gasteiger charge is -2.19. The molecule has 0 radical (unpaired) electrons. The Morgan fingerprint density at radius 2 is 1.93 bits per heavy atom. The Balaban J connectivity index is 1.60. The highest BCUT2D eigenvalue weighted by molar-refractivity contribution is 5.77. The number of ether oxygens (including phenoxy) is 2. The summed E-state index contributed by atoms with van der Waals surface area (Å²) in [5.41, 5.74) is 1.89. The first-order chi connectivity index (χ1) is 13.6. The Hall–Kier alpha value is -3.35. The standard InChI is InChI=1S/C21H23N3O4/c1-4-24(20(25)14-27-18-7-5-6-15(2)12-18)13-19-22-21(23-28-19)16-8-10-17(26-3)11-9-16/h5-12H,4,13-14H2,1-3H3. The van der Waals surface area contributed by atoms with Crippen LogP contribution >= 0.6 is 0 Å². The number of benzene rings is 2. The van der Waals surface area contributed by atoms with Gasteiger partial charge in [-0.2, -0.15) is 4.98 Å². The van der Waals surface area contributed by atoms with Crippen molar-refractivity contribution < 1.29 is 18.8 Å². The summed E-state index contributed by atoms with van der Waals surface area (Å²) in [6, 6.07) is 15.0. The molecule has 0 aliphatic rings. The number of methoxy groups -OCH3 is 1. The minimum absolute atomic E-state index is 0.0449. The van der Waals surface area contributed by atoms with E-state index in [2.05, 4.69) is 10.1 Å². The summed E-state index contributed by atoms with van der Waals surface area (Å²) in [6.07, 6.45) is 0. The molecule has 2 aromatic carbocycles. The van der Waals surface area contributed by atoms with E-state index in [0.29, 0.717) is 24.0 Å². The molecule has 0 saturated carbocycles. The zero-order valence-electron chi connectivity index (χ0n) is 16.2. The smallest absolute Gasteiger partial charge is 0.260 e. The zero-order chi connectivity index (χ0) is 19.9. The molecule has 0 aliphatic carbocycles. The Morgan fingerprint density at radius 3 is 2.61 bits per heavy atom. The van der Waals surface area contributed by atoms with E-state index in [1.54, 1.807) is 12.0 Å². The minimum Gasteiger partial charge on any atom is -0.497 e. The molecule has 3 aromatic rings. The zero-order valence-corrected chi connectivity index (χ0v) is 16.2. The van der Waals surface area contributed by atoms with Crippen molar-refractivity contribution in [3.8, 4) is 22.9 Å². The van der Waals surface area contributed by atoms with Crippen LogP contribution in [-0.2, 0) is 11.3 Å². The first-order valence-corrected chi connectivity index (χ1v) is 9.03. The average molecular weight is 381 g/mol. The fourth-order valence-corrected chi connectivity index (χ4v) is 2.66. The number of aryl methyl sites for hydroxylation is 1. The molecule has 28 heavy (non-hydrogen) atoms. The van der Waals surface area contributed by atoms with Crippen molar-refractivity contribution >= 4 is 5.91 Å². The van der Waals surface area contributed by atoms with Crippen molar-refractivity contribution in [2.24, 2.45) is 0 Å². The second-order valence-electron chi connectivity index (χ2n) is 6.25. The van der Waals surface area contributed by atoms with E-state index in [-0.39, 0.29) is 19.1 Å². The van der Waals surface area contributed by atoms with Gasteiger partial charge in [0.1, 0.15) is 18.0 Å². The Morgan fingerprint density at radius 1 is 1.14 bits per heavy atom. The summed E-state index contributed by atoms with van der Waals surface area (Å²) >= 11 is 0. The summed E-state index contributed by atoms with van der Waals surface area (Å²) < 4.78 is 16.1. The molecule has 0 atom stereocenters. The van der Waals surface area contributed by atoms with Crippen LogP contribution in [0, 0.1) is 6.92 Å². The maximum atomic E-state index is 12.5. The van der Waals surface area contributed by atoms with Crippen molar-refractivity contribution in [3.63, 3.8) is 0 Å². The molecule has 146 valence electrons. The normalized spacial score (nSPS) is 10.5. The summed E-state index contributed by atoms with van der Waals surface area (Å²) in [4.78, 5) is 18.5. The minimum atomic E-state index is -0.145. The molecule has 0 N–H and O–H groups in total. The quantitative estimate of drug-likeness (QED) is 0.594. The van der Waals surface area contributed by atoms with Crippen LogP contribution in [0.25, 0.3) is 11.4 Å². The molecule has 3 rings (SSSR count). The maximum Gasteiger partial charge on any atom is 0.260 e. The molecule has 1 heterocycles. The number of aromatic nitrogens is 2. The fourth-order valence-electron chi connectivity index (χ4n) is 2.66. The maximum absolute atomic E-state index is 12.5. The van der Waals surface area contributed by atoms with Gasteiger partial charge in [-0.1, -0.05) is 17.3 Å². The van der Waals surface area contributed by atoms with E-state index in [1.165, 1.54) is 0 Å². The third kappa shape index (κ3) is 4.88. The molecule has 7 nitrogen and oxygen atoms in total. The summed E-state index contributed by atoms with van der Waals surface area (Å²) in [5.74, 6) is 2.12. The first-order valence-electron chi connectivity index (χ1n) is 9.03. The lowest BCUT2D eigenvalue weighted by atomic mass is 10.2. The summed E-state index contributed by atoms with van der Waals surface area (Å²) in [6.45, 7) is 4.57. The predicted molar refractivity (Wildman–Crippen MR) is 104 cm³/mol. The number of nitrogens with zero attached hydrogens (tertiary/aromatic N) is 3. The predicted octanol–water partition coefficient (Wildman–Crippen LogP) is 3.48. The van der Waals surface area contributed by atoms with Gasteiger partial charge in [-0.3, -0.25) is 4.79 Å². The molecule has 0 unspecified atom stereocenters. The lowest BCUT2D eigenvalue weighted by Crippen LogP contribution is -2.34. The lowest BCUT2D eigenvalue weighted by molar-refractivity contribution is -0.134. The highest BCUT2D eigenvalue weighted by Crippen LogP contribution is 2.20. The van der Waals surface area contributed by atoms with E-state index in [4.69, 9.17) is 14.0 Å². The van der Waals surface area contributed by atoms with Crippen LogP contribution in [0.4, 0.5) is 0 Å².